The van der Waals surface area contributed by atoms with E-state index in [1.54, 1.807) is 12.1 Å². The zero-order chi connectivity index (χ0) is 12.4. The van der Waals surface area contributed by atoms with Gasteiger partial charge in [-0.3, -0.25) is 4.79 Å². The van der Waals surface area contributed by atoms with Crippen LogP contribution in [0.25, 0.3) is 0 Å². The molecular weight excluding hydrogens is 216 g/mol. The molecule has 2 unspecified atom stereocenters. The van der Waals surface area contributed by atoms with Crippen molar-refractivity contribution < 1.29 is 9.21 Å². The van der Waals surface area contributed by atoms with Crippen molar-refractivity contribution in [1.29, 1.82) is 0 Å². The normalized spacial score (nSPS) is 25.0. The van der Waals surface area contributed by atoms with Crippen LogP contribution in [0, 0.1) is 5.92 Å². The number of furan rings is 1. The van der Waals surface area contributed by atoms with Crippen LogP contribution in [0.4, 0.5) is 0 Å². The van der Waals surface area contributed by atoms with Gasteiger partial charge in [0.2, 0.25) is 0 Å². The fourth-order valence-electron chi connectivity index (χ4n) is 2.45. The minimum Gasteiger partial charge on any atom is -0.455 e. The van der Waals surface area contributed by atoms with E-state index in [-0.39, 0.29) is 11.9 Å². The zero-order valence-electron chi connectivity index (χ0n) is 10.5. The Bertz CT molecular complexity index is 400. The van der Waals surface area contributed by atoms with Gasteiger partial charge in [0.25, 0.3) is 5.91 Å². The van der Waals surface area contributed by atoms with Crippen LogP contribution in [0.1, 0.15) is 43.0 Å². The number of hydrogen-bond acceptors (Lipinski definition) is 3. The third kappa shape index (κ3) is 2.52. The molecule has 0 spiro atoms. The number of likely N-dealkylation sites (tertiary alicyclic amines) is 1. The van der Waals surface area contributed by atoms with Crippen LogP contribution in [-0.2, 0) is 6.54 Å². The van der Waals surface area contributed by atoms with Crippen molar-refractivity contribution in [3.8, 4) is 0 Å². The van der Waals surface area contributed by atoms with Crippen molar-refractivity contribution in [2.75, 3.05) is 6.54 Å². The second-order valence-electron chi connectivity index (χ2n) is 4.95. The van der Waals surface area contributed by atoms with Crippen LogP contribution >= 0.6 is 0 Å². The molecule has 94 valence electrons. The van der Waals surface area contributed by atoms with Gasteiger partial charge in [0.05, 0.1) is 6.54 Å². The van der Waals surface area contributed by atoms with Gasteiger partial charge in [-0.15, -0.1) is 0 Å². The van der Waals surface area contributed by atoms with Crippen molar-refractivity contribution in [3.05, 3.63) is 23.7 Å². The van der Waals surface area contributed by atoms with Crippen molar-refractivity contribution in [3.63, 3.8) is 0 Å². The Morgan fingerprint density at radius 3 is 2.88 bits per heavy atom. The zero-order valence-corrected chi connectivity index (χ0v) is 10.5. The Hall–Kier alpha value is -1.29. The quantitative estimate of drug-likeness (QED) is 0.854. The summed E-state index contributed by atoms with van der Waals surface area (Å²) in [4.78, 5) is 14.1. The van der Waals surface area contributed by atoms with Crippen LogP contribution in [-0.4, -0.2) is 23.4 Å². The van der Waals surface area contributed by atoms with E-state index in [1.165, 1.54) is 0 Å². The van der Waals surface area contributed by atoms with Crippen LogP contribution in [0.5, 0.6) is 0 Å². The molecule has 17 heavy (non-hydrogen) atoms. The van der Waals surface area contributed by atoms with Gasteiger partial charge in [-0.25, -0.2) is 0 Å². The minimum absolute atomic E-state index is 0.0101. The maximum absolute atomic E-state index is 12.2. The third-order valence-electron chi connectivity index (χ3n) is 3.47. The van der Waals surface area contributed by atoms with Gasteiger partial charge in [-0.2, -0.15) is 0 Å². The molecule has 0 aliphatic carbocycles. The maximum atomic E-state index is 12.2. The standard InChI is InChI=1S/C13H20N2O2/c1-9-5-6-15(10(2)7-9)13(16)12-4-3-11(8-14)17-12/h3-4,9-10H,5-8,14H2,1-2H3. The monoisotopic (exact) mass is 236 g/mol. The molecule has 4 nitrogen and oxygen atoms in total. The van der Waals surface area contributed by atoms with Crippen LogP contribution in [0.15, 0.2) is 16.5 Å². The first kappa shape index (κ1) is 12.2. The molecule has 0 radical (unpaired) electrons. The molecule has 2 atom stereocenters. The molecule has 1 saturated heterocycles. The highest BCUT2D eigenvalue weighted by molar-refractivity contribution is 5.91. The van der Waals surface area contributed by atoms with Crippen LogP contribution in [0.2, 0.25) is 0 Å². The number of rotatable bonds is 2. The third-order valence-corrected chi connectivity index (χ3v) is 3.47. The lowest BCUT2D eigenvalue weighted by Gasteiger charge is -2.35. The topological polar surface area (TPSA) is 59.5 Å². The lowest BCUT2D eigenvalue weighted by atomic mass is 9.93. The summed E-state index contributed by atoms with van der Waals surface area (Å²) in [5, 5.41) is 0. The molecule has 2 N–H and O–H groups in total. The van der Waals surface area contributed by atoms with Gasteiger partial charge in [0.1, 0.15) is 5.76 Å². The average Bonchev–Trinajstić information content (AvgIpc) is 2.76. The smallest absolute Gasteiger partial charge is 0.289 e. The lowest BCUT2D eigenvalue weighted by molar-refractivity contribution is 0.0555. The van der Waals surface area contributed by atoms with E-state index in [1.807, 2.05) is 4.90 Å². The summed E-state index contributed by atoms with van der Waals surface area (Å²) in [5.41, 5.74) is 5.47. The van der Waals surface area contributed by atoms with E-state index in [9.17, 15) is 4.79 Å². The van der Waals surface area contributed by atoms with Crippen molar-refractivity contribution in [2.24, 2.45) is 11.7 Å². The van der Waals surface area contributed by atoms with Crippen molar-refractivity contribution in [2.45, 2.75) is 39.3 Å². The van der Waals surface area contributed by atoms with Gasteiger partial charge >= 0.3 is 0 Å². The van der Waals surface area contributed by atoms with E-state index in [4.69, 9.17) is 10.2 Å². The van der Waals surface area contributed by atoms with E-state index in [0.717, 1.165) is 19.4 Å². The van der Waals surface area contributed by atoms with Crippen molar-refractivity contribution in [1.82, 2.24) is 4.90 Å². The summed E-state index contributed by atoms with van der Waals surface area (Å²) < 4.78 is 5.41. The summed E-state index contributed by atoms with van der Waals surface area (Å²) in [6.07, 6.45) is 2.14. The molecule has 1 aliphatic rings. The number of hydrogen-bond donors (Lipinski definition) is 1. The van der Waals surface area contributed by atoms with E-state index >= 15 is 0 Å². The Morgan fingerprint density at radius 1 is 1.53 bits per heavy atom. The number of nitrogens with zero attached hydrogens (tertiary/aromatic N) is 1. The average molecular weight is 236 g/mol. The largest absolute Gasteiger partial charge is 0.455 e. The Labute approximate surface area is 102 Å². The summed E-state index contributed by atoms with van der Waals surface area (Å²) >= 11 is 0. The molecule has 2 heterocycles. The number of carbonyl (C=O) groups excluding carboxylic acids is 1. The molecule has 2 rings (SSSR count). The van der Waals surface area contributed by atoms with Crippen LogP contribution < -0.4 is 5.73 Å². The minimum atomic E-state index is -0.0101. The lowest BCUT2D eigenvalue weighted by Crippen LogP contribution is -2.44. The van der Waals surface area contributed by atoms with Gasteiger partial charge in [0, 0.05) is 12.6 Å². The number of amides is 1. The van der Waals surface area contributed by atoms with Crippen LogP contribution in [0.3, 0.4) is 0 Å². The molecule has 1 aromatic rings. The van der Waals surface area contributed by atoms with Gasteiger partial charge in [-0.05, 0) is 37.8 Å². The predicted octanol–water partition coefficient (Wildman–Crippen LogP) is 2.00. The van der Waals surface area contributed by atoms with Gasteiger partial charge in [-0.1, -0.05) is 6.92 Å². The Morgan fingerprint density at radius 2 is 2.29 bits per heavy atom. The highest BCUT2D eigenvalue weighted by Crippen LogP contribution is 2.24. The fourth-order valence-corrected chi connectivity index (χ4v) is 2.45. The van der Waals surface area contributed by atoms with Gasteiger partial charge in [0.15, 0.2) is 5.76 Å². The molecule has 0 aromatic carbocycles. The number of nitrogens with two attached hydrogens (primary N) is 1. The Kier molecular flexibility index (Phi) is 3.52. The summed E-state index contributed by atoms with van der Waals surface area (Å²) in [6.45, 7) is 5.48. The van der Waals surface area contributed by atoms with Crippen molar-refractivity contribution >= 4 is 5.91 Å². The first-order valence-electron chi connectivity index (χ1n) is 6.21. The predicted molar refractivity (Wildman–Crippen MR) is 65.5 cm³/mol. The maximum Gasteiger partial charge on any atom is 0.289 e. The number of carbonyl (C=O) groups is 1. The van der Waals surface area contributed by atoms with E-state index in [0.29, 0.717) is 24.0 Å². The summed E-state index contributed by atoms with van der Waals surface area (Å²) in [6, 6.07) is 3.78. The highest BCUT2D eigenvalue weighted by Gasteiger charge is 2.28. The molecule has 4 heteroatoms. The second-order valence-corrected chi connectivity index (χ2v) is 4.95. The molecule has 1 amide bonds. The van der Waals surface area contributed by atoms with E-state index in [2.05, 4.69) is 13.8 Å². The summed E-state index contributed by atoms with van der Waals surface area (Å²) in [5.74, 6) is 1.76. The van der Waals surface area contributed by atoms with E-state index < -0.39 is 0 Å². The van der Waals surface area contributed by atoms with Gasteiger partial charge < -0.3 is 15.1 Å². The second kappa shape index (κ2) is 4.92. The molecule has 0 saturated carbocycles. The molecule has 1 aliphatic heterocycles. The first-order chi connectivity index (χ1) is 8.11. The first-order valence-corrected chi connectivity index (χ1v) is 6.21. The highest BCUT2D eigenvalue weighted by atomic mass is 16.4. The molecular formula is C13H20N2O2. The summed E-state index contributed by atoms with van der Waals surface area (Å²) in [7, 11) is 0. The molecule has 1 aromatic heterocycles. The number of piperidine rings is 1. The fraction of sp³-hybridized carbons (Fsp3) is 0.615. The molecule has 1 fully saturated rings. The molecule has 0 bridgehead atoms. The SMILES string of the molecule is CC1CCN(C(=O)c2ccc(CN)o2)C(C)C1. The Balaban J connectivity index is 2.09.